The topological polar surface area (TPSA) is 84.9 Å². The molecule has 0 bridgehead atoms. The quantitative estimate of drug-likeness (QED) is 0.0600. The molecule has 226 valence electrons. The standard InChI is InChI=1S/C34H48INO5/c1-3-4-5-15-20-29(41-34(39)23-27-18-13-12-14-19-27)21-16-10-8-6-7-9-11-17-22-33(38)36-26-28-24-32(40-2)31(37)25-30(28)35/h10,12-14,16,18-19,24-25,29,37H,3-9,11,15,17,20-23,26H2,1-2H3,(H,36,38)/b16-10+/t29-/m1/s1. The fourth-order valence-corrected chi connectivity index (χ4v) is 5.27. The van der Waals surface area contributed by atoms with Crippen molar-refractivity contribution in [1.82, 2.24) is 5.32 Å². The monoisotopic (exact) mass is 677 g/mol. The summed E-state index contributed by atoms with van der Waals surface area (Å²) < 4.78 is 11.9. The van der Waals surface area contributed by atoms with Gasteiger partial charge in [0.1, 0.15) is 6.10 Å². The molecule has 0 radical (unpaired) electrons. The zero-order valence-corrected chi connectivity index (χ0v) is 27.0. The molecule has 0 unspecified atom stereocenters. The number of nitrogens with one attached hydrogen (secondary N) is 1. The zero-order valence-electron chi connectivity index (χ0n) is 24.8. The molecule has 7 heteroatoms. The molecule has 0 aliphatic heterocycles. The number of benzene rings is 2. The van der Waals surface area contributed by atoms with Crippen LogP contribution < -0.4 is 10.1 Å². The van der Waals surface area contributed by atoms with Crippen molar-refractivity contribution in [3.05, 3.63) is 69.3 Å². The van der Waals surface area contributed by atoms with Gasteiger partial charge in [-0.15, -0.1) is 0 Å². The molecule has 2 aromatic carbocycles. The predicted octanol–water partition coefficient (Wildman–Crippen LogP) is 8.42. The number of ether oxygens (including phenoxy) is 2. The summed E-state index contributed by atoms with van der Waals surface area (Å²) in [5.41, 5.74) is 1.91. The molecule has 1 amide bonds. The van der Waals surface area contributed by atoms with Crippen molar-refractivity contribution in [1.29, 1.82) is 0 Å². The molecular weight excluding hydrogens is 629 g/mol. The van der Waals surface area contributed by atoms with Gasteiger partial charge in [-0.25, -0.2) is 0 Å². The second kappa shape index (κ2) is 21.2. The number of esters is 1. The summed E-state index contributed by atoms with van der Waals surface area (Å²) in [6.45, 7) is 2.63. The van der Waals surface area contributed by atoms with Gasteiger partial charge in [-0.05, 0) is 78.0 Å². The van der Waals surface area contributed by atoms with Gasteiger partial charge in [0.25, 0.3) is 0 Å². The number of unbranched alkanes of at least 4 members (excludes halogenated alkanes) is 8. The number of allylic oxidation sites excluding steroid dienone is 1. The Morgan fingerprint density at radius 3 is 2.46 bits per heavy atom. The fraction of sp³-hybridized carbons (Fsp3) is 0.529. The third-order valence-electron chi connectivity index (χ3n) is 7.03. The van der Waals surface area contributed by atoms with E-state index in [9.17, 15) is 14.7 Å². The summed E-state index contributed by atoms with van der Waals surface area (Å²) in [4.78, 5) is 24.7. The smallest absolute Gasteiger partial charge is 0.310 e. The number of hydrogen-bond donors (Lipinski definition) is 2. The van der Waals surface area contributed by atoms with Crippen LogP contribution in [0.2, 0.25) is 0 Å². The molecule has 2 rings (SSSR count). The molecule has 0 saturated heterocycles. The van der Waals surface area contributed by atoms with E-state index in [1.807, 2.05) is 30.3 Å². The third-order valence-corrected chi connectivity index (χ3v) is 8.04. The van der Waals surface area contributed by atoms with Crippen LogP contribution in [0.3, 0.4) is 0 Å². The highest BCUT2D eigenvalue weighted by atomic mass is 127. The van der Waals surface area contributed by atoms with Gasteiger partial charge >= 0.3 is 5.97 Å². The van der Waals surface area contributed by atoms with Crippen molar-refractivity contribution in [2.24, 2.45) is 0 Å². The van der Waals surface area contributed by atoms with Crippen LogP contribution in [0.25, 0.3) is 0 Å². The number of rotatable bonds is 21. The van der Waals surface area contributed by atoms with Crippen LogP contribution in [0.15, 0.2) is 54.6 Å². The first-order valence-electron chi connectivity index (χ1n) is 15.1. The lowest BCUT2D eigenvalue weighted by molar-refractivity contribution is -0.148. The van der Waals surface area contributed by atoms with E-state index < -0.39 is 0 Å². The number of hydrogen-bond acceptors (Lipinski definition) is 5. The molecule has 2 N–H and O–H groups in total. The number of aromatic hydroxyl groups is 1. The SMILES string of the molecule is CCCCCC[C@H](C/C=C/CCCCCCCC(=O)NCc1cc(OC)c(O)cc1I)OC(=O)Cc1ccccc1. The Morgan fingerprint density at radius 2 is 1.71 bits per heavy atom. The van der Waals surface area contributed by atoms with E-state index in [0.29, 0.717) is 25.1 Å². The zero-order chi connectivity index (χ0) is 29.7. The van der Waals surface area contributed by atoms with E-state index in [1.165, 1.54) is 26.4 Å². The molecule has 0 aliphatic carbocycles. The van der Waals surface area contributed by atoms with Crippen LogP contribution in [0, 0.1) is 3.57 Å². The molecule has 2 aromatic rings. The lowest BCUT2D eigenvalue weighted by atomic mass is 10.1. The van der Waals surface area contributed by atoms with E-state index in [2.05, 4.69) is 47.0 Å². The van der Waals surface area contributed by atoms with Gasteiger partial charge in [0.2, 0.25) is 5.91 Å². The molecule has 0 saturated carbocycles. The van der Waals surface area contributed by atoms with E-state index in [4.69, 9.17) is 9.47 Å². The Hall–Kier alpha value is -2.55. The van der Waals surface area contributed by atoms with Crippen molar-refractivity contribution < 1.29 is 24.2 Å². The van der Waals surface area contributed by atoms with Crippen molar-refractivity contribution in [3.8, 4) is 11.5 Å². The molecule has 6 nitrogen and oxygen atoms in total. The second-order valence-electron chi connectivity index (χ2n) is 10.5. The van der Waals surface area contributed by atoms with Crippen LogP contribution in [0.5, 0.6) is 11.5 Å². The highest BCUT2D eigenvalue weighted by Crippen LogP contribution is 2.30. The number of carbonyl (C=O) groups is 2. The normalized spacial score (nSPS) is 11.9. The summed E-state index contributed by atoms with van der Waals surface area (Å²) >= 11 is 2.15. The Bertz CT molecular complexity index is 1060. The van der Waals surface area contributed by atoms with Crippen LogP contribution in [0.1, 0.15) is 102 Å². The maximum atomic E-state index is 12.5. The number of amides is 1. The van der Waals surface area contributed by atoms with Gasteiger partial charge in [-0.1, -0.05) is 87.9 Å². The van der Waals surface area contributed by atoms with E-state index in [1.54, 1.807) is 12.1 Å². The van der Waals surface area contributed by atoms with E-state index in [-0.39, 0.29) is 23.7 Å². The van der Waals surface area contributed by atoms with Crippen molar-refractivity contribution in [2.45, 2.75) is 109 Å². The minimum atomic E-state index is -0.144. The molecule has 1 atom stereocenters. The first-order chi connectivity index (χ1) is 19.9. The van der Waals surface area contributed by atoms with Crippen molar-refractivity contribution in [3.63, 3.8) is 0 Å². The number of carbonyl (C=O) groups excluding carboxylic acids is 2. The Labute approximate surface area is 260 Å². The Kier molecular flexibility index (Phi) is 17.9. The first-order valence-corrected chi connectivity index (χ1v) is 16.2. The largest absolute Gasteiger partial charge is 0.504 e. The summed E-state index contributed by atoms with van der Waals surface area (Å²) in [6, 6.07) is 13.2. The summed E-state index contributed by atoms with van der Waals surface area (Å²) in [6.07, 6.45) is 17.9. The summed E-state index contributed by atoms with van der Waals surface area (Å²) in [5.74, 6) is 0.414. The average Bonchev–Trinajstić information content (AvgIpc) is 2.96. The average molecular weight is 678 g/mol. The van der Waals surface area contributed by atoms with Gasteiger partial charge in [0, 0.05) is 23.0 Å². The van der Waals surface area contributed by atoms with Crippen LogP contribution in [-0.4, -0.2) is 30.2 Å². The van der Waals surface area contributed by atoms with Crippen LogP contribution >= 0.6 is 22.6 Å². The minimum Gasteiger partial charge on any atom is -0.504 e. The number of phenolic OH excluding ortho intramolecular Hbond substituents is 1. The molecule has 0 aliphatic rings. The molecule has 0 aromatic heterocycles. The number of methoxy groups -OCH3 is 1. The van der Waals surface area contributed by atoms with Crippen molar-refractivity contribution in [2.75, 3.05) is 7.11 Å². The highest BCUT2D eigenvalue weighted by Gasteiger charge is 2.14. The number of phenols is 1. The maximum Gasteiger partial charge on any atom is 0.310 e. The Morgan fingerprint density at radius 1 is 0.976 bits per heavy atom. The van der Waals surface area contributed by atoms with Gasteiger partial charge < -0.3 is 19.9 Å². The molecule has 41 heavy (non-hydrogen) atoms. The molecular formula is C34H48INO5. The van der Waals surface area contributed by atoms with E-state index >= 15 is 0 Å². The van der Waals surface area contributed by atoms with Gasteiger partial charge in [0.05, 0.1) is 13.5 Å². The van der Waals surface area contributed by atoms with Gasteiger partial charge in [-0.2, -0.15) is 0 Å². The molecule has 0 spiro atoms. The third kappa shape index (κ3) is 15.3. The number of halogens is 1. The summed E-state index contributed by atoms with van der Waals surface area (Å²) in [5, 5.41) is 12.8. The minimum absolute atomic E-state index is 0.0458. The van der Waals surface area contributed by atoms with Crippen molar-refractivity contribution >= 4 is 34.5 Å². The Balaban J connectivity index is 1.58. The lowest BCUT2D eigenvalue weighted by Gasteiger charge is -2.16. The van der Waals surface area contributed by atoms with Crippen LogP contribution in [0.4, 0.5) is 0 Å². The second-order valence-corrected chi connectivity index (χ2v) is 11.7. The summed E-state index contributed by atoms with van der Waals surface area (Å²) in [7, 11) is 1.51. The van der Waals surface area contributed by atoms with E-state index in [0.717, 1.165) is 72.5 Å². The maximum absolute atomic E-state index is 12.5. The highest BCUT2D eigenvalue weighted by molar-refractivity contribution is 14.1. The molecule has 0 fully saturated rings. The van der Waals surface area contributed by atoms with Gasteiger partial charge in [-0.3, -0.25) is 9.59 Å². The van der Waals surface area contributed by atoms with Crippen LogP contribution in [-0.2, 0) is 27.3 Å². The fourth-order valence-electron chi connectivity index (χ4n) is 4.62. The predicted molar refractivity (Wildman–Crippen MR) is 174 cm³/mol. The van der Waals surface area contributed by atoms with Gasteiger partial charge in [0.15, 0.2) is 11.5 Å². The lowest BCUT2D eigenvalue weighted by Crippen LogP contribution is -2.22. The first kappa shape index (κ1) is 34.7. The molecule has 0 heterocycles.